The van der Waals surface area contributed by atoms with Gasteiger partial charge in [-0.3, -0.25) is 4.79 Å². The molecule has 1 heterocycles. The predicted octanol–water partition coefficient (Wildman–Crippen LogP) is 0.443. The molecule has 13 heavy (non-hydrogen) atoms. The van der Waals surface area contributed by atoms with Gasteiger partial charge in [0.1, 0.15) is 12.4 Å². The van der Waals surface area contributed by atoms with Crippen molar-refractivity contribution in [2.24, 2.45) is 4.99 Å². The standard InChI is InChI=1S/C8H9NO4/c1-5(11)9-3-6-2-7(4-10)13-8(6)12/h2-3,10,12H,4H2,1H3. The van der Waals surface area contributed by atoms with Crippen molar-refractivity contribution in [1.29, 1.82) is 0 Å². The molecule has 0 aliphatic rings. The van der Waals surface area contributed by atoms with E-state index in [2.05, 4.69) is 4.99 Å². The van der Waals surface area contributed by atoms with Crippen molar-refractivity contribution < 1.29 is 19.4 Å². The molecular formula is C8H9NO4. The Labute approximate surface area is 74.3 Å². The topological polar surface area (TPSA) is 83.0 Å². The first kappa shape index (κ1) is 9.47. The van der Waals surface area contributed by atoms with Crippen LogP contribution in [0.1, 0.15) is 18.2 Å². The van der Waals surface area contributed by atoms with Crippen molar-refractivity contribution in [3.8, 4) is 5.95 Å². The first-order chi connectivity index (χ1) is 6.13. The molecule has 1 aromatic heterocycles. The Morgan fingerprint density at radius 2 is 2.46 bits per heavy atom. The zero-order valence-electron chi connectivity index (χ0n) is 7.02. The number of nitrogens with zero attached hydrogens (tertiary/aromatic N) is 1. The number of aliphatic hydroxyl groups excluding tert-OH is 1. The Bertz CT molecular complexity index is 340. The van der Waals surface area contributed by atoms with Crippen LogP contribution in [0.4, 0.5) is 0 Å². The van der Waals surface area contributed by atoms with Crippen molar-refractivity contribution in [1.82, 2.24) is 0 Å². The Morgan fingerprint density at radius 3 is 2.92 bits per heavy atom. The lowest BCUT2D eigenvalue weighted by molar-refractivity contribution is -0.115. The van der Waals surface area contributed by atoms with E-state index in [9.17, 15) is 4.79 Å². The van der Waals surface area contributed by atoms with E-state index in [0.29, 0.717) is 0 Å². The lowest BCUT2D eigenvalue weighted by Gasteiger charge is -1.84. The van der Waals surface area contributed by atoms with Crippen LogP contribution in [-0.2, 0) is 11.4 Å². The number of rotatable bonds is 2. The minimum Gasteiger partial charge on any atom is -0.480 e. The number of aliphatic hydroxyl groups is 1. The molecule has 1 aromatic rings. The van der Waals surface area contributed by atoms with E-state index in [1.165, 1.54) is 19.2 Å². The first-order valence-corrected chi connectivity index (χ1v) is 3.60. The summed E-state index contributed by atoms with van der Waals surface area (Å²) in [5.74, 6) is -0.497. The van der Waals surface area contributed by atoms with Crippen molar-refractivity contribution in [2.45, 2.75) is 13.5 Å². The van der Waals surface area contributed by atoms with E-state index in [4.69, 9.17) is 14.6 Å². The summed E-state index contributed by atoms with van der Waals surface area (Å²) in [6.07, 6.45) is 1.18. The molecule has 1 amide bonds. The fourth-order valence-corrected chi connectivity index (χ4v) is 0.779. The fraction of sp³-hybridized carbons (Fsp3) is 0.250. The number of amides is 1. The summed E-state index contributed by atoms with van der Waals surface area (Å²) in [6.45, 7) is 0.988. The van der Waals surface area contributed by atoms with Crippen LogP contribution in [0, 0.1) is 0 Å². The van der Waals surface area contributed by atoms with Gasteiger partial charge in [-0.1, -0.05) is 0 Å². The van der Waals surface area contributed by atoms with Gasteiger partial charge in [0.05, 0.1) is 5.56 Å². The number of furan rings is 1. The number of carbonyl (C=O) groups excluding carboxylic acids is 1. The molecule has 0 aromatic carbocycles. The molecule has 0 bridgehead atoms. The molecule has 0 atom stereocenters. The van der Waals surface area contributed by atoms with E-state index in [-0.39, 0.29) is 29.8 Å². The summed E-state index contributed by atoms with van der Waals surface area (Å²) in [4.78, 5) is 13.9. The number of aromatic hydroxyl groups is 1. The highest BCUT2D eigenvalue weighted by atomic mass is 16.5. The lowest BCUT2D eigenvalue weighted by Crippen LogP contribution is -1.85. The average Bonchev–Trinajstić information content (AvgIpc) is 2.43. The SMILES string of the molecule is CC(=O)N=Cc1cc(CO)oc1O. The summed E-state index contributed by atoms with van der Waals surface area (Å²) in [7, 11) is 0. The lowest BCUT2D eigenvalue weighted by atomic mass is 10.3. The van der Waals surface area contributed by atoms with Crippen LogP contribution in [0.25, 0.3) is 0 Å². The van der Waals surface area contributed by atoms with Crippen LogP contribution < -0.4 is 0 Å². The van der Waals surface area contributed by atoms with E-state index in [0.717, 1.165) is 0 Å². The van der Waals surface area contributed by atoms with Gasteiger partial charge in [0.25, 0.3) is 5.95 Å². The second-order valence-corrected chi connectivity index (χ2v) is 2.41. The van der Waals surface area contributed by atoms with E-state index in [1.54, 1.807) is 0 Å². The van der Waals surface area contributed by atoms with Gasteiger partial charge < -0.3 is 14.6 Å². The second kappa shape index (κ2) is 3.86. The third kappa shape index (κ3) is 2.41. The molecular weight excluding hydrogens is 174 g/mol. The fourth-order valence-electron chi connectivity index (χ4n) is 0.779. The van der Waals surface area contributed by atoms with Gasteiger partial charge in [-0.15, -0.1) is 0 Å². The maximum Gasteiger partial charge on any atom is 0.291 e. The summed E-state index contributed by atoms with van der Waals surface area (Å²) in [6, 6.07) is 1.40. The van der Waals surface area contributed by atoms with Crippen LogP contribution in [0.2, 0.25) is 0 Å². The van der Waals surface area contributed by atoms with Gasteiger partial charge in [0, 0.05) is 13.1 Å². The van der Waals surface area contributed by atoms with Gasteiger partial charge >= 0.3 is 0 Å². The average molecular weight is 183 g/mol. The summed E-state index contributed by atoms with van der Waals surface area (Å²) < 4.78 is 4.70. The molecule has 5 heteroatoms. The van der Waals surface area contributed by atoms with Crippen LogP contribution in [0.15, 0.2) is 15.5 Å². The van der Waals surface area contributed by atoms with Crippen molar-refractivity contribution in [3.63, 3.8) is 0 Å². The highest BCUT2D eigenvalue weighted by Crippen LogP contribution is 2.19. The Balaban J connectivity index is 2.88. The van der Waals surface area contributed by atoms with Crippen molar-refractivity contribution in [3.05, 3.63) is 17.4 Å². The third-order valence-electron chi connectivity index (χ3n) is 1.33. The Morgan fingerprint density at radius 1 is 1.77 bits per heavy atom. The van der Waals surface area contributed by atoms with Crippen molar-refractivity contribution >= 4 is 12.1 Å². The number of hydrogen-bond acceptors (Lipinski definition) is 4. The first-order valence-electron chi connectivity index (χ1n) is 3.60. The van der Waals surface area contributed by atoms with Crippen molar-refractivity contribution in [2.75, 3.05) is 0 Å². The van der Waals surface area contributed by atoms with Gasteiger partial charge in [0.2, 0.25) is 5.91 Å². The summed E-state index contributed by atoms with van der Waals surface area (Å²) in [5, 5.41) is 17.7. The maximum absolute atomic E-state index is 10.4. The van der Waals surface area contributed by atoms with Gasteiger partial charge in [-0.05, 0) is 6.07 Å². The predicted molar refractivity (Wildman–Crippen MR) is 44.6 cm³/mol. The van der Waals surface area contributed by atoms with Crippen LogP contribution in [0.3, 0.4) is 0 Å². The monoisotopic (exact) mass is 183 g/mol. The van der Waals surface area contributed by atoms with Gasteiger partial charge in [-0.25, -0.2) is 4.99 Å². The molecule has 1 rings (SSSR count). The van der Waals surface area contributed by atoms with Crippen LogP contribution >= 0.6 is 0 Å². The summed E-state index contributed by atoms with van der Waals surface area (Å²) in [5.41, 5.74) is 0.277. The quantitative estimate of drug-likeness (QED) is 0.652. The number of hydrogen-bond donors (Lipinski definition) is 2. The smallest absolute Gasteiger partial charge is 0.291 e. The molecule has 0 saturated carbocycles. The van der Waals surface area contributed by atoms with Crippen LogP contribution in [0.5, 0.6) is 5.95 Å². The minimum absolute atomic E-state index is 0.225. The molecule has 0 unspecified atom stereocenters. The second-order valence-electron chi connectivity index (χ2n) is 2.41. The summed E-state index contributed by atoms with van der Waals surface area (Å²) >= 11 is 0. The number of carbonyl (C=O) groups is 1. The zero-order valence-corrected chi connectivity index (χ0v) is 7.02. The Hall–Kier alpha value is -1.62. The molecule has 0 radical (unpaired) electrons. The third-order valence-corrected chi connectivity index (χ3v) is 1.33. The van der Waals surface area contributed by atoms with E-state index in [1.807, 2.05) is 0 Å². The van der Waals surface area contributed by atoms with E-state index < -0.39 is 0 Å². The Kier molecular flexibility index (Phi) is 2.81. The molecule has 0 aliphatic carbocycles. The normalized spacial score (nSPS) is 10.9. The molecule has 0 saturated heterocycles. The molecule has 0 spiro atoms. The molecule has 0 aliphatic heterocycles. The van der Waals surface area contributed by atoms with Gasteiger partial charge in [0.15, 0.2) is 0 Å². The van der Waals surface area contributed by atoms with Crippen LogP contribution in [-0.4, -0.2) is 22.3 Å². The van der Waals surface area contributed by atoms with E-state index >= 15 is 0 Å². The largest absolute Gasteiger partial charge is 0.480 e. The molecule has 0 fully saturated rings. The highest BCUT2D eigenvalue weighted by molar-refractivity contribution is 5.92. The minimum atomic E-state index is -0.369. The molecule has 2 N–H and O–H groups in total. The number of aliphatic imine (C=N–C) groups is 1. The maximum atomic E-state index is 10.4. The zero-order chi connectivity index (χ0) is 9.84. The highest BCUT2D eigenvalue weighted by Gasteiger charge is 2.06. The molecule has 70 valence electrons. The molecule has 5 nitrogen and oxygen atoms in total. The van der Waals surface area contributed by atoms with Gasteiger partial charge in [-0.2, -0.15) is 0 Å².